The minimum atomic E-state index is -0.824. The van der Waals surface area contributed by atoms with Crippen LogP contribution in [0.15, 0.2) is 42.5 Å². The van der Waals surface area contributed by atoms with E-state index in [0.29, 0.717) is 72.6 Å². The lowest BCUT2D eigenvalue weighted by atomic mass is 9.96. The molecule has 328 valence electrons. The Morgan fingerprint density at radius 2 is 1.68 bits per heavy atom. The maximum Gasteiger partial charge on any atom is 0.412 e. The molecule has 3 aliphatic rings. The maximum absolute atomic E-state index is 15.9. The molecule has 2 amide bonds. The number of thiophene rings is 1. The predicted molar refractivity (Wildman–Crippen MR) is 240 cm³/mol. The van der Waals surface area contributed by atoms with E-state index in [-0.39, 0.29) is 68.3 Å². The van der Waals surface area contributed by atoms with Crippen LogP contribution in [0.1, 0.15) is 83.9 Å². The van der Waals surface area contributed by atoms with Crippen LogP contribution in [0.5, 0.6) is 11.8 Å². The van der Waals surface area contributed by atoms with Crippen molar-refractivity contribution in [2.45, 2.75) is 103 Å². The van der Waals surface area contributed by atoms with Crippen LogP contribution in [0.4, 0.5) is 24.8 Å². The number of terminal acetylenes is 1. The van der Waals surface area contributed by atoms with Crippen LogP contribution in [0.2, 0.25) is 5.02 Å². The third kappa shape index (κ3) is 9.28. The SMILES string of the molecule is C#Cc1ccc(COc2c(-c3ccc(F)c4sc(NC(=O)OC(C)(C)C)c(C#N)c34)c(Cl)cc3c(N4CC5CCC(C4)N5C(=O)OC(C)(C)C)nc(OC4CCOCC4)nc23)cc1. The van der Waals surface area contributed by atoms with Gasteiger partial charge >= 0.3 is 18.2 Å². The number of hydrogen-bond acceptors (Lipinski definition) is 12. The highest BCUT2D eigenvalue weighted by atomic mass is 35.5. The molecule has 3 fully saturated rings. The Morgan fingerprint density at radius 1 is 1.00 bits per heavy atom. The quantitative estimate of drug-likeness (QED) is 0.148. The number of aromatic nitrogens is 2. The topological polar surface area (TPSA) is 148 Å². The minimum absolute atomic E-state index is 0.0209. The van der Waals surface area contributed by atoms with Crippen LogP contribution >= 0.6 is 22.9 Å². The number of nitrogens with zero attached hydrogens (tertiary/aromatic N) is 5. The number of nitriles is 1. The third-order valence-electron chi connectivity index (χ3n) is 11.0. The fourth-order valence-electron chi connectivity index (χ4n) is 8.31. The molecule has 3 aliphatic heterocycles. The van der Waals surface area contributed by atoms with Gasteiger partial charge in [-0.2, -0.15) is 15.2 Å². The summed E-state index contributed by atoms with van der Waals surface area (Å²) >= 11 is 8.32. The second-order valence-electron chi connectivity index (χ2n) is 17.9. The molecule has 0 radical (unpaired) electrons. The number of rotatable bonds is 8. The summed E-state index contributed by atoms with van der Waals surface area (Å²) in [5.41, 5.74) is 1.11. The van der Waals surface area contributed by atoms with Crippen molar-refractivity contribution in [1.29, 1.82) is 5.26 Å². The molecule has 0 saturated carbocycles. The molecule has 16 heteroatoms. The summed E-state index contributed by atoms with van der Waals surface area (Å²) in [6.07, 6.45) is 7.16. The first-order chi connectivity index (χ1) is 30.0. The van der Waals surface area contributed by atoms with Gasteiger partial charge in [0.15, 0.2) is 5.75 Å². The predicted octanol–water partition coefficient (Wildman–Crippen LogP) is 10.2. The number of anilines is 2. The number of benzene rings is 3. The molecule has 3 saturated heterocycles. The van der Waals surface area contributed by atoms with Crippen LogP contribution in [-0.2, 0) is 20.8 Å². The van der Waals surface area contributed by atoms with Gasteiger partial charge in [-0.3, -0.25) is 10.2 Å². The molecule has 0 spiro atoms. The average molecular weight is 895 g/mol. The molecule has 1 N–H and O–H groups in total. The smallest absolute Gasteiger partial charge is 0.412 e. The van der Waals surface area contributed by atoms with Gasteiger partial charge in [-0.25, -0.2) is 14.0 Å². The summed E-state index contributed by atoms with van der Waals surface area (Å²) in [6, 6.07) is 14.0. The van der Waals surface area contributed by atoms with Crippen LogP contribution in [0.25, 0.3) is 32.1 Å². The lowest BCUT2D eigenvalue weighted by Crippen LogP contribution is -2.57. The molecule has 63 heavy (non-hydrogen) atoms. The van der Waals surface area contributed by atoms with Gasteiger partial charge in [-0.15, -0.1) is 17.8 Å². The molecule has 2 bridgehead atoms. The summed E-state index contributed by atoms with van der Waals surface area (Å²) in [7, 11) is 0. The molecule has 2 unspecified atom stereocenters. The number of carbonyl (C=O) groups is 2. The first-order valence-corrected chi connectivity index (χ1v) is 22.1. The molecule has 13 nitrogen and oxygen atoms in total. The minimum Gasteiger partial charge on any atom is -0.486 e. The number of ether oxygens (including phenoxy) is 5. The van der Waals surface area contributed by atoms with E-state index in [0.717, 1.165) is 29.7 Å². The van der Waals surface area contributed by atoms with E-state index in [4.69, 9.17) is 51.7 Å². The highest BCUT2D eigenvalue weighted by Gasteiger charge is 2.45. The normalized spacial score (nSPS) is 17.9. The first kappa shape index (κ1) is 43.8. The van der Waals surface area contributed by atoms with Crippen LogP contribution in [-0.4, -0.2) is 82.7 Å². The van der Waals surface area contributed by atoms with Gasteiger partial charge in [-0.1, -0.05) is 35.7 Å². The lowest BCUT2D eigenvalue weighted by molar-refractivity contribution is 0.0121. The standard InChI is InChI=1S/C47H48ClFN6O7S/c1-8-26-9-11-27(12-10-26)25-59-39-37(31-15-16-35(49)40-36(31)33(22-50)42(63-40)53-44(56)61-46(2,3)4)34(48)21-32-38(39)51-43(60-30-17-19-58-20-18-30)52-41(32)54-23-28-13-14-29(24-54)55(28)45(57)62-47(5,6)7/h1,9-12,15-16,21,28-30H,13-14,17-20,23-25H2,2-7H3,(H,53,56). The summed E-state index contributed by atoms with van der Waals surface area (Å²) in [4.78, 5) is 40.5. The highest BCUT2D eigenvalue weighted by molar-refractivity contribution is 7.23. The zero-order chi connectivity index (χ0) is 44.8. The molecule has 3 aromatic carbocycles. The van der Waals surface area contributed by atoms with Gasteiger partial charge in [0.2, 0.25) is 0 Å². The van der Waals surface area contributed by atoms with Crippen LogP contribution in [0.3, 0.4) is 0 Å². The van der Waals surface area contributed by atoms with Crippen LogP contribution in [0, 0.1) is 29.5 Å². The Hall–Kier alpha value is -5.87. The fourth-order valence-corrected chi connectivity index (χ4v) is 9.67. The van der Waals surface area contributed by atoms with E-state index in [1.807, 2.05) is 49.9 Å². The Morgan fingerprint density at radius 3 is 2.32 bits per heavy atom. The third-order valence-corrected chi connectivity index (χ3v) is 12.4. The Kier molecular flexibility index (Phi) is 12.1. The summed E-state index contributed by atoms with van der Waals surface area (Å²) < 4.78 is 46.2. The van der Waals surface area contributed by atoms with Gasteiger partial charge in [0.05, 0.1) is 40.6 Å². The van der Waals surface area contributed by atoms with Crippen molar-refractivity contribution >= 4 is 66.9 Å². The van der Waals surface area contributed by atoms with E-state index in [1.54, 1.807) is 32.9 Å². The largest absolute Gasteiger partial charge is 0.486 e. The number of piperazine rings is 1. The zero-order valence-corrected chi connectivity index (χ0v) is 37.5. The molecule has 8 rings (SSSR count). The number of fused-ring (bicyclic) bond motifs is 4. The summed E-state index contributed by atoms with van der Waals surface area (Å²) in [5, 5.41) is 14.4. The van der Waals surface area contributed by atoms with Crippen molar-refractivity contribution in [1.82, 2.24) is 14.9 Å². The molecule has 5 aromatic rings. The van der Waals surface area contributed by atoms with Crippen molar-refractivity contribution in [3.63, 3.8) is 0 Å². The molecule has 2 aromatic heterocycles. The number of halogens is 2. The molecule has 0 aliphatic carbocycles. The second kappa shape index (κ2) is 17.4. The number of carbonyl (C=O) groups excluding carboxylic acids is 2. The van der Waals surface area contributed by atoms with Gasteiger partial charge in [-0.05, 0) is 89.8 Å². The number of amides is 2. The Balaban J connectivity index is 1.32. The Bertz CT molecular complexity index is 2660. The highest BCUT2D eigenvalue weighted by Crippen LogP contribution is 2.50. The monoisotopic (exact) mass is 894 g/mol. The first-order valence-electron chi connectivity index (χ1n) is 20.9. The maximum atomic E-state index is 15.9. The van der Waals surface area contributed by atoms with Crippen LogP contribution < -0.4 is 19.7 Å². The second-order valence-corrected chi connectivity index (χ2v) is 19.3. The van der Waals surface area contributed by atoms with Gasteiger partial charge < -0.3 is 28.6 Å². The Labute approximate surface area is 374 Å². The van der Waals surface area contributed by atoms with Crippen molar-refractivity contribution in [3.8, 4) is 41.3 Å². The number of nitrogens with one attached hydrogen (secondary N) is 1. The zero-order valence-electron chi connectivity index (χ0n) is 36.0. The number of hydrogen-bond donors (Lipinski definition) is 1. The van der Waals surface area contributed by atoms with Crippen molar-refractivity contribution in [3.05, 3.63) is 70.0 Å². The van der Waals surface area contributed by atoms with E-state index >= 15 is 4.39 Å². The molecule has 5 heterocycles. The molecular weight excluding hydrogens is 847 g/mol. The van der Waals surface area contributed by atoms with Gasteiger partial charge in [0.1, 0.15) is 52.1 Å². The van der Waals surface area contributed by atoms with Crippen molar-refractivity contribution in [2.24, 2.45) is 0 Å². The lowest BCUT2D eigenvalue weighted by Gasteiger charge is -2.42. The van der Waals surface area contributed by atoms with Crippen molar-refractivity contribution < 1.29 is 37.7 Å². The molecule has 2 atom stereocenters. The van der Waals surface area contributed by atoms with Gasteiger partial charge in [0.25, 0.3) is 0 Å². The van der Waals surface area contributed by atoms with E-state index < -0.39 is 23.1 Å². The summed E-state index contributed by atoms with van der Waals surface area (Å²) in [6.45, 7) is 12.8. The fraction of sp³-hybridized carbons (Fsp3) is 0.426. The van der Waals surface area contributed by atoms with E-state index in [1.165, 1.54) is 6.07 Å². The van der Waals surface area contributed by atoms with E-state index in [2.05, 4.69) is 22.2 Å². The molecular formula is C47H48ClFN6O7S. The van der Waals surface area contributed by atoms with Crippen molar-refractivity contribution in [2.75, 3.05) is 36.5 Å². The van der Waals surface area contributed by atoms with E-state index in [9.17, 15) is 14.9 Å². The summed E-state index contributed by atoms with van der Waals surface area (Å²) in [5.74, 6) is 2.81. The average Bonchev–Trinajstić information content (AvgIpc) is 3.73. The van der Waals surface area contributed by atoms with Gasteiger partial charge in [0, 0.05) is 47.8 Å².